The van der Waals surface area contributed by atoms with E-state index in [1.165, 1.54) is 13.2 Å². The first kappa shape index (κ1) is 11.4. The Hall–Kier alpha value is -1.04. The van der Waals surface area contributed by atoms with Crippen LogP contribution in [0, 0.1) is 5.82 Å². The number of ether oxygens (including phenoxy) is 1. The lowest BCUT2D eigenvalue weighted by atomic mass is 10.1. The van der Waals surface area contributed by atoms with Gasteiger partial charge >= 0.3 is 0 Å². The third-order valence-corrected chi connectivity index (χ3v) is 3.34. The lowest BCUT2D eigenvalue weighted by Gasteiger charge is -2.08. The summed E-state index contributed by atoms with van der Waals surface area (Å²) in [5.74, 6) is -0.291. The van der Waals surface area contributed by atoms with E-state index in [4.69, 9.17) is 15.4 Å². The molecular weight excluding hydrogens is 253 g/mol. The molecule has 0 amide bonds. The topological polar surface area (TPSA) is 45.2 Å². The summed E-state index contributed by atoms with van der Waals surface area (Å²) in [5, 5.41) is 0.636. The van der Waals surface area contributed by atoms with Crippen LogP contribution in [0.4, 0.5) is 4.39 Å². The molecule has 0 radical (unpaired) electrons. The van der Waals surface area contributed by atoms with E-state index in [9.17, 15) is 8.94 Å². The van der Waals surface area contributed by atoms with Gasteiger partial charge in [0.2, 0.25) is 5.88 Å². The molecule has 1 aromatic heterocycles. The van der Waals surface area contributed by atoms with Gasteiger partial charge in [-0.3, -0.25) is 0 Å². The summed E-state index contributed by atoms with van der Waals surface area (Å²) >= 11 is 0. The van der Waals surface area contributed by atoms with Gasteiger partial charge in [-0.15, -0.1) is 0 Å². The second-order valence-corrected chi connectivity index (χ2v) is 4.75. The summed E-state index contributed by atoms with van der Waals surface area (Å²) in [6, 6.07) is 4.77. The highest BCUT2D eigenvalue weighted by molar-refractivity contribution is 8.13. The predicted octanol–water partition coefficient (Wildman–Crippen LogP) is 2.64. The Kier molecular flexibility index (Phi) is 3.18. The number of rotatable bonds is 2. The Balaban J connectivity index is 2.86. The van der Waals surface area contributed by atoms with Crippen molar-refractivity contribution in [1.82, 2.24) is 4.98 Å². The monoisotopic (exact) mass is 259 g/mol. The molecule has 1 aromatic carbocycles. The number of halogens is 2. The molecule has 0 bridgehead atoms. The fourth-order valence-corrected chi connectivity index (χ4v) is 2.44. The van der Waals surface area contributed by atoms with Gasteiger partial charge in [0.1, 0.15) is 10.4 Å². The lowest BCUT2D eigenvalue weighted by molar-refractivity contribution is 0.402. The van der Waals surface area contributed by atoms with E-state index in [2.05, 4.69) is 4.98 Å². The number of benzene rings is 1. The SMILES string of the molecule is COc1ncc(F)c2c([S+]([O-])Cl)cccc12. The molecule has 0 aliphatic heterocycles. The highest BCUT2D eigenvalue weighted by atomic mass is 35.7. The number of aromatic nitrogens is 1. The van der Waals surface area contributed by atoms with Gasteiger partial charge in [-0.05, 0) is 12.1 Å². The number of pyridine rings is 1. The molecule has 0 N–H and O–H groups in total. The standard InChI is InChI=1S/C10H7ClFNO2S/c1-15-10-6-3-2-4-8(16(11)14)9(6)7(12)5-13-10/h2-5H,1H3. The van der Waals surface area contributed by atoms with Crippen LogP contribution < -0.4 is 4.74 Å². The molecule has 1 unspecified atom stereocenters. The molecule has 0 aliphatic carbocycles. The van der Waals surface area contributed by atoms with E-state index in [1.807, 2.05) is 0 Å². The van der Waals surface area contributed by atoms with Crippen molar-refractivity contribution in [3.05, 3.63) is 30.2 Å². The van der Waals surface area contributed by atoms with Crippen LogP contribution in [-0.2, 0) is 10.4 Å². The molecule has 3 nitrogen and oxygen atoms in total. The van der Waals surface area contributed by atoms with Crippen molar-refractivity contribution in [3.63, 3.8) is 0 Å². The van der Waals surface area contributed by atoms with Crippen LogP contribution in [0.5, 0.6) is 5.88 Å². The number of nitrogens with zero attached hydrogens (tertiary/aromatic N) is 1. The van der Waals surface area contributed by atoms with Gasteiger partial charge in [-0.1, -0.05) is 6.07 Å². The highest BCUT2D eigenvalue weighted by Gasteiger charge is 2.19. The molecule has 1 heterocycles. The van der Waals surface area contributed by atoms with E-state index < -0.39 is 16.2 Å². The van der Waals surface area contributed by atoms with Gasteiger partial charge in [0, 0.05) is 0 Å². The maximum Gasteiger partial charge on any atom is 0.221 e. The van der Waals surface area contributed by atoms with Crippen LogP contribution in [0.1, 0.15) is 0 Å². The Morgan fingerprint density at radius 2 is 2.25 bits per heavy atom. The fourth-order valence-electron chi connectivity index (χ4n) is 1.50. The summed E-state index contributed by atoms with van der Waals surface area (Å²) in [7, 11) is 5.15. The van der Waals surface area contributed by atoms with Gasteiger partial charge in [0.25, 0.3) is 0 Å². The lowest BCUT2D eigenvalue weighted by Crippen LogP contribution is -1.97. The molecule has 84 valence electrons. The van der Waals surface area contributed by atoms with Crippen LogP contribution in [0.3, 0.4) is 0 Å². The van der Waals surface area contributed by atoms with Crippen LogP contribution in [0.15, 0.2) is 29.3 Å². The van der Waals surface area contributed by atoms with Crippen LogP contribution >= 0.6 is 10.7 Å². The van der Waals surface area contributed by atoms with Crippen LogP contribution in [-0.4, -0.2) is 16.6 Å². The van der Waals surface area contributed by atoms with Crippen molar-refractivity contribution in [3.8, 4) is 5.88 Å². The molecule has 2 rings (SSSR count). The first-order valence-electron chi connectivity index (χ1n) is 4.34. The van der Waals surface area contributed by atoms with E-state index in [-0.39, 0.29) is 16.2 Å². The Labute approximate surface area is 98.9 Å². The van der Waals surface area contributed by atoms with Crippen molar-refractivity contribution in [2.45, 2.75) is 4.90 Å². The van der Waals surface area contributed by atoms with Crippen molar-refractivity contribution in [2.24, 2.45) is 0 Å². The molecule has 2 aromatic rings. The Morgan fingerprint density at radius 3 is 2.88 bits per heavy atom. The number of methoxy groups -OCH3 is 1. The smallest absolute Gasteiger partial charge is 0.221 e. The van der Waals surface area contributed by atoms with Gasteiger partial charge in [-0.25, -0.2) is 9.37 Å². The largest absolute Gasteiger partial charge is 0.594 e. The normalized spacial score (nSPS) is 12.8. The zero-order valence-corrected chi connectivity index (χ0v) is 9.81. The quantitative estimate of drug-likeness (QED) is 0.779. The van der Waals surface area contributed by atoms with Gasteiger partial charge in [0.05, 0.1) is 24.1 Å². The van der Waals surface area contributed by atoms with Crippen molar-refractivity contribution < 1.29 is 13.7 Å². The zero-order valence-electron chi connectivity index (χ0n) is 8.24. The fraction of sp³-hybridized carbons (Fsp3) is 0.100. The zero-order chi connectivity index (χ0) is 11.7. The molecule has 6 heteroatoms. The third kappa shape index (κ3) is 1.81. The predicted molar refractivity (Wildman–Crippen MR) is 60.5 cm³/mol. The van der Waals surface area contributed by atoms with Crippen LogP contribution in [0.2, 0.25) is 0 Å². The summed E-state index contributed by atoms with van der Waals surface area (Å²) in [5.41, 5.74) is 0. The number of hydrogen-bond donors (Lipinski definition) is 0. The van der Waals surface area contributed by atoms with Gasteiger partial charge in [0.15, 0.2) is 21.4 Å². The third-order valence-electron chi connectivity index (χ3n) is 2.16. The molecule has 0 fully saturated rings. The average Bonchev–Trinajstić information content (AvgIpc) is 2.29. The van der Waals surface area contributed by atoms with Gasteiger partial charge < -0.3 is 9.29 Å². The van der Waals surface area contributed by atoms with Crippen LogP contribution in [0.25, 0.3) is 10.8 Å². The molecule has 0 saturated carbocycles. The summed E-state index contributed by atoms with van der Waals surface area (Å²) in [6.45, 7) is 0. The molecule has 16 heavy (non-hydrogen) atoms. The van der Waals surface area contributed by atoms with E-state index in [0.717, 1.165) is 6.20 Å². The minimum atomic E-state index is -1.78. The number of fused-ring (bicyclic) bond motifs is 1. The molecular formula is C10H7ClFNO2S. The maximum atomic E-state index is 13.6. The molecule has 1 atom stereocenters. The average molecular weight is 260 g/mol. The summed E-state index contributed by atoms with van der Waals surface area (Å²) < 4.78 is 29.9. The Morgan fingerprint density at radius 1 is 1.50 bits per heavy atom. The van der Waals surface area contributed by atoms with E-state index in [0.29, 0.717) is 5.39 Å². The maximum absolute atomic E-state index is 13.6. The highest BCUT2D eigenvalue weighted by Crippen LogP contribution is 2.31. The molecule has 0 saturated heterocycles. The number of hydrogen-bond acceptors (Lipinski definition) is 3. The first-order valence-corrected chi connectivity index (χ1v) is 6.32. The first-order chi connectivity index (χ1) is 7.65. The van der Waals surface area contributed by atoms with E-state index in [1.54, 1.807) is 12.1 Å². The summed E-state index contributed by atoms with van der Waals surface area (Å²) in [4.78, 5) is 4.01. The van der Waals surface area contributed by atoms with Crippen molar-refractivity contribution in [1.29, 1.82) is 0 Å². The van der Waals surface area contributed by atoms with Crippen molar-refractivity contribution in [2.75, 3.05) is 7.11 Å². The summed E-state index contributed by atoms with van der Waals surface area (Å²) in [6.07, 6.45) is 1.02. The van der Waals surface area contributed by atoms with Crippen molar-refractivity contribution >= 4 is 31.8 Å². The molecule has 0 aliphatic rings. The minimum absolute atomic E-state index is 0.183. The molecule has 0 spiro atoms. The second-order valence-electron chi connectivity index (χ2n) is 3.02. The Bertz CT molecular complexity index is 535. The van der Waals surface area contributed by atoms with E-state index >= 15 is 0 Å². The second kappa shape index (κ2) is 4.45. The van der Waals surface area contributed by atoms with Gasteiger partial charge in [-0.2, -0.15) is 0 Å². The minimum Gasteiger partial charge on any atom is -0.594 e.